The van der Waals surface area contributed by atoms with Crippen molar-refractivity contribution in [3.8, 4) is 0 Å². The van der Waals surface area contributed by atoms with Crippen LogP contribution in [0.1, 0.15) is 25.8 Å². The van der Waals surface area contributed by atoms with Crippen molar-refractivity contribution in [3.05, 3.63) is 23.5 Å². The summed E-state index contributed by atoms with van der Waals surface area (Å²) in [5, 5.41) is 0. The molecule has 0 aliphatic rings. The lowest BCUT2D eigenvalue weighted by Gasteiger charge is -2.20. The van der Waals surface area contributed by atoms with E-state index in [1.54, 1.807) is 0 Å². The minimum atomic E-state index is -3.70. The molecule has 6 heteroatoms. The number of anilines is 1. The predicted molar refractivity (Wildman–Crippen MR) is 74.8 cm³/mol. The summed E-state index contributed by atoms with van der Waals surface area (Å²) in [6.45, 7) is 5.88. The topological polar surface area (TPSA) is 63.4 Å². The lowest BCUT2D eigenvalue weighted by molar-refractivity contribution is 0.427. The first kappa shape index (κ1) is 15.9. The van der Waals surface area contributed by atoms with Crippen molar-refractivity contribution in [2.24, 2.45) is 5.92 Å². The molecule has 0 spiro atoms. The molecule has 19 heavy (non-hydrogen) atoms. The van der Waals surface area contributed by atoms with Crippen LogP contribution >= 0.6 is 0 Å². The zero-order valence-corrected chi connectivity index (χ0v) is 12.6. The third kappa shape index (κ3) is 3.67. The molecule has 0 saturated heterocycles. The monoisotopic (exact) mass is 288 g/mol. The molecular formula is C13H21FN2O2S. The second-order valence-corrected chi connectivity index (χ2v) is 7.15. The van der Waals surface area contributed by atoms with Gasteiger partial charge < -0.3 is 5.73 Å². The van der Waals surface area contributed by atoms with Gasteiger partial charge in [0.05, 0.1) is 4.90 Å². The van der Waals surface area contributed by atoms with Crippen molar-refractivity contribution < 1.29 is 12.8 Å². The number of hydrogen-bond donors (Lipinski definition) is 1. The van der Waals surface area contributed by atoms with Crippen molar-refractivity contribution in [2.75, 3.05) is 19.3 Å². The summed E-state index contributed by atoms with van der Waals surface area (Å²) < 4.78 is 39.6. The Hall–Kier alpha value is -1.14. The number of nitrogens with two attached hydrogens (primary N) is 1. The van der Waals surface area contributed by atoms with Gasteiger partial charge in [-0.15, -0.1) is 0 Å². The van der Waals surface area contributed by atoms with Gasteiger partial charge in [-0.3, -0.25) is 0 Å². The average molecular weight is 288 g/mol. The Labute approximate surface area is 114 Å². The lowest BCUT2D eigenvalue weighted by Crippen LogP contribution is -2.29. The summed E-state index contributed by atoms with van der Waals surface area (Å²) >= 11 is 0. The molecule has 1 aromatic carbocycles. The van der Waals surface area contributed by atoms with Crippen LogP contribution < -0.4 is 5.73 Å². The van der Waals surface area contributed by atoms with E-state index in [0.717, 1.165) is 12.5 Å². The van der Waals surface area contributed by atoms with Gasteiger partial charge in [0.2, 0.25) is 10.0 Å². The van der Waals surface area contributed by atoms with Crippen molar-refractivity contribution in [1.82, 2.24) is 4.31 Å². The third-order valence-electron chi connectivity index (χ3n) is 3.03. The largest absolute Gasteiger partial charge is 0.399 e. The van der Waals surface area contributed by atoms with Gasteiger partial charge in [0.15, 0.2) is 0 Å². The van der Waals surface area contributed by atoms with E-state index in [4.69, 9.17) is 5.73 Å². The summed E-state index contributed by atoms with van der Waals surface area (Å²) in [5.74, 6) is -0.202. The first-order valence-corrected chi connectivity index (χ1v) is 7.62. The molecule has 0 unspecified atom stereocenters. The van der Waals surface area contributed by atoms with E-state index in [9.17, 15) is 12.8 Å². The molecule has 4 nitrogen and oxygen atoms in total. The number of nitrogen functional groups attached to an aromatic ring is 1. The van der Waals surface area contributed by atoms with E-state index in [0.29, 0.717) is 12.5 Å². The molecule has 0 saturated carbocycles. The molecule has 0 aliphatic carbocycles. The highest BCUT2D eigenvalue weighted by Crippen LogP contribution is 2.24. The summed E-state index contributed by atoms with van der Waals surface area (Å²) in [6.07, 6.45) is 0.750. The van der Waals surface area contributed by atoms with Gasteiger partial charge in [0.1, 0.15) is 5.82 Å². The SMILES string of the molecule is Cc1c(F)cc(N)cc1S(=O)(=O)N(C)CCC(C)C. The fourth-order valence-corrected chi connectivity index (χ4v) is 3.12. The molecule has 0 fully saturated rings. The van der Waals surface area contributed by atoms with E-state index in [1.165, 1.54) is 24.3 Å². The van der Waals surface area contributed by atoms with Gasteiger partial charge in [-0.25, -0.2) is 17.1 Å². The van der Waals surface area contributed by atoms with Crippen molar-refractivity contribution in [3.63, 3.8) is 0 Å². The van der Waals surface area contributed by atoms with Crippen molar-refractivity contribution in [2.45, 2.75) is 32.1 Å². The standard InChI is InChI=1S/C13H21FN2O2S/c1-9(2)5-6-16(4)19(17,18)13-8-11(15)7-12(14)10(13)3/h7-9H,5-6,15H2,1-4H3. The second kappa shape index (κ2) is 5.88. The van der Waals surface area contributed by atoms with Gasteiger partial charge in [-0.1, -0.05) is 13.8 Å². The Morgan fingerprint density at radius 1 is 1.37 bits per heavy atom. The van der Waals surface area contributed by atoms with Gasteiger partial charge in [-0.05, 0) is 31.4 Å². The van der Waals surface area contributed by atoms with Crippen LogP contribution in [0.4, 0.5) is 10.1 Å². The molecule has 0 aliphatic heterocycles. The van der Waals surface area contributed by atoms with Gasteiger partial charge in [-0.2, -0.15) is 0 Å². The smallest absolute Gasteiger partial charge is 0.243 e. The molecule has 2 N–H and O–H groups in total. The van der Waals surface area contributed by atoms with Crippen LogP contribution in [0.2, 0.25) is 0 Å². The Kier molecular flexibility index (Phi) is 4.92. The maximum Gasteiger partial charge on any atom is 0.243 e. The fraction of sp³-hybridized carbons (Fsp3) is 0.538. The zero-order valence-electron chi connectivity index (χ0n) is 11.8. The Morgan fingerprint density at radius 2 is 1.95 bits per heavy atom. The normalized spacial score (nSPS) is 12.4. The minimum Gasteiger partial charge on any atom is -0.399 e. The summed E-state index contributed by atoms with van der Waals surface area (Å²) in [5.41, 5.74) is 5.74. The van der Waals surface area contributed by atoms with Crippen LogP contribution in [0.25, 0.3) is 0 Å². The summed E-state index contributed by atoms with van der Waals surface area (Å²) in [4.78, 5) is -0.0590. The molecule has 0 aromatic heterocycles. The first-order valence-electron chi connectivity index (χ1n) is 6.18. The number of halogens is 1. The fourth-order valence-electron chi connectivity index (χ4n) is 1.67. The molecule has 0 heterocycles. The van der Waals surface area contributed by atoms with Crippen LogP contribution in [0, 0.1) is 18.7 Å². The number of benzene rings is 1. The van der Waals surface area contributed by atoms with Gasteiger partial charge in [0, 0.05) is 24.8 Å². The molecule has 0 atom stereocenters. The van der Waals surface area contributed by atoms with Crippen molar-refractivity contribution >= 4 is 15.7 Å². The maximum atomic E-state index is 13.6. The quantitative estimate of drug-likeness (QED) is 0.846. The Balaban J connectivity index is 3.13. The summed E-state index contributed by atoms with van der Waals surface area (Å²) in [7, 11) is -2.20. The van der Waals surface area contributed by atoms with Gasteiger partial charge >= 0.3 is 0 Å². The number of nitrogens with zero attached hydrogens (tertiary/aromatic N) is 1. The molecular weight excluding hydrogens is 267 g/mol. The molecule has 0 bridgehead atoms. The van der Waals surface area contributed by atoms with Crippen LogP contribution in [0.3, 0.4) is 0 Å². The molecule has 0 amide bonds. The van der Waals surface area contributed by atoms with E-state index in [1.807, 2.05) is 13.8 Å². The minimum absolute atomic E-state index is 0.0590. The molecule has 1 rings (SSSR count). The highest BCUT2D eigenvalue weighted by Gasteiger charge is 2.24. The predicted octanol–water partition coefficient (Wildman–Crippen LogP) is 2.38. The molecule has 1 aromatic rings. The Morgan fingerprint density at radius 3 is 2.47 bits per heavy atom. The zero-order chi connectivity index (χ0) is 14.8. The molecule has 0 radical (unpaired) electrons. The van der Waals surface area contributed by atoms with Crippen LogP contribution in [-0.4, -0.2) is 26.3 Å². The van der Waals surface area contributed by atoms with Crippen molar-refractivity contribution in [1.29, 1.82) is 0 Å². The second-order valence-electron chi connectivity index (χ2n) is 5.13. The number of rotatable bonds is 5. The maximum absolute atomic E-state index is 13.6. The lowest BCUT2D eigenvalue weighted by atomic mass is 10.1. The molecule has 108 valence electrons. The number of hydrogen-bond acceptors (Lipinski definition) is 3. The highest BCUT2D eigenvalue weighted by molar-refractivity contribution is 7.89. The highest BCUT2D eigenvalue weighted by atomic mass is 32.2. The number of sulfonamides is 1. The first-order chi connectivity index (χ1) is 8.66. The van der Waals surface area contributed by atoms with E-state index < -0.39 is 15.8 Å². The van der Waals surface area contributed by atoms with Gasteiger partial charge in [0.25, 0.3) is 0 Å². The van der Waals surface area contributed by atoms with E-state index in [2.05, 4.69) is 0 Å². The van der Waals surface area contributed by atoms with E-state index in [-0.39, 0.29) is 16.1 Å². The van der Waals surface area contributed by atoms with Crippen LogP contribution in [0.5, 0.6) is 0 Å². The van der Waals surface area contributed by atoms with Crippen LogP contribution in [-0.2, 0) is 10.0 Å². The Bertz CT molecular complexity index is 556. The summed E-state index contributed by atoms with van der Waals surface area (Å²) in [6, 6.07) is 2.43. The van der Waals surface area contributed by atoms with Crippen LogP contribution in [0.15, 0.2) is 17.0 Å². The third-order valence-corrected chi connectivity index (χ3v) is 5.01. The van der Waals surface area contributed by atoms with E-state index >= 15 is 0 Å². The average Bonchev–Trinajstić information content (AvgIpc) is 2.30.